The minimum atomic E-state index is -0.137. The predicted molar refractivity (Wildman–Crippen MR) is 77.9 cm³/mol. The molecule has 0 saturated carbocycles. The van der Waals surface area contributed by atoms with Gasteiger partial charge in [-0.3, -0.25) is 9.36 Å². The van der Waals surface area contributed by atoms with Gasteiger partial charge in [-0.25, -0.2) is 4.98 Å². The quantitative estimate of drug-likeness (QED) is 0.700. The van der Waals surface area contributed by atoms with E-state index in [1.165, 1.54) is 11.3 Å². The Morgan fingerprint density at radius 3 is 2.84 bits per heavy atom. The van der Waals surface area contributed by atoms with Gasteiger partial charge in [0.05, 0.1) is 20.2 Å². The number of carbonyl (C=O) groups is 1. The van der Waals surface area contributed by atoms with Crippen molar-refractivity contribution in [1.29, 1.82) is 0 Å². The number of fused-ring (bicyclic) bond motifs is 1. The van der Waals surface area contributed by atoms with Crippen LogP contribution in [0.25, 0.3) is 11.0 Å². The van der Waals surface area contributed by atoms with E-state index in [0.29, 0.717) is 26.2 Å². The first kappa shape index (κ1) is 12.2. The van der Waals surface area contributed by atoms with Crippen LogP contribution in [0.2, 0.25) is 4.34 Å². The first-order valence-corrected chi connectivity index (χ1v) is 6.80. The molecule has 0 saturated heterocycles. The Kier molecular flexibility index (Phi) is 2.80. The van der Waals surface area contributed by atoms with Crippen LogP contribution in [0.5, 0.6) is 0 Å². The molecule has 0 unspecified atom stereocenters. The van der Waals surface area contributed by atoms with E-state index in [1.54, 1.807) is 35.8 Å². The molecule has 2 heterocycles. The lowest BCUT2D eigenvalue weighted by Gasteiger charge is -2.03. The number of thiophene rings is 1. The van der Waals surface area contributed by atoms with Crippen LogP contribution in [0.1, 0.15) is 15.5 Å². The number of imidazole rings is 1. The van der Waals surface area contributed by atoms with Crippen molar-refractivity contribution in [2.75, 3.05) is 5.73 Å². The Morgan fingerprint density at radius 2 is 2.16 bits per heavy atom. The first-order chi connectivity index (χ1) is 9.06. The molecule has 6 heteroatoms. The summed E-state index contributed by atoms with van der Waals surface area (Å²) in [4.78, 5) is 17.4. The number of nitrogens with two attached hydrogens (primary N) is 1. The van der Waals surface area contributed by atoms with Gasteiger partial charge in [-0.15, -0.1) is 11.3 Å². The molecule has 3 rings (SSSR count). The van der Waals surface area contributed by atoms with Gasteiger partial charge in [0.25, 0.3) is 5.91 Å². The third kappa shape index (κ3) is 2.01. The van der Waals surface area contributed by atoms with E-state index in [0.717, 1.165) is 5.52 Å². The lowest BCUT2D eigenvalue weighted by Crippen LogP contribution is -2.12. The molecule has 0 aliphatic carbocycles. The number of halogens is 1. The smallest absolute Gasteiger partial charge is 0.273 e. The molecule has 0 radical (unpaired) electrons. The Hall–Kier alpha value is -1.85. The standard InChI is InChI=1S/C13H10ClN3OS/c1-7-16-9-3-2-8(15)6-10(9)17(7)13(18)11-4-5-12(14)19-11/h2-6H,15H2,1H3. The van der Waals surface area contributed by atoms with E-state index in [2.05, 4.69) is 4.98 Å². The summed E-state index contributed by atoms with van der Waals surface area (Å²) in [5, 5.41) is 0. The van der Waals surface area contributed by atoms with E-state index in [9.17, 15) is 4.79 Å². The van der Waals surface area contributed by atoms with Crippen molar-refractivity contribution in [3.05, 3.63) is 45.4 Å². The summed E-state index contributed by atoms with van der Waals surface area (Å²) in [5.41, 5.74) is 7.84. The summed E-state index contributed by atoms with van der Waals surface area (Å²) in [7, 11) is 0. The maximum Gasteiger partial charge on any atom is 0.273 e. The molecule has 96 valence electrons. The van der Waals surface area contributed by atoms with Gasteiger partial charge in [0.1, 0.15) is 5.82 Å². The summed E-state index contributed by atoms with van der Waals surface area (Å²) in [5.74, 6) is 0.498. The largest absolute Gasteiger partial charge is 0.399 e. The Morgan fingerprint density at radius 1 is 1.37 bits per heavy atom. The van der Waals surface area contributed by atoms with Crippen LogP contribution >= 0.6 is 22.9 Å². The molecular weight excluding hydrogens is 282 g/mol. The molecule has 0 amide bonds. The number of carbonyl (C=O) groups excluding carboxylic acids is 1. The molecule has 3 aromatic rings. The maximum atomic E-state index is 12.5. The summed E-state index contributed by atoms with van der Waals surface area (Å²) in [6.07, 6.45) is 0. The van der Waals surface area contributed by atoms with Crippen LogP contribution in [0, 0.1) is 6.92 Å². The van der Waals surface area contributed by atoms with E-state index < -0.39 is 0 Å². The molecule has 0 spiro atoms. The van der Waals surface area contributed by atoms with Crippen LogP contribution in [-0.4, -0.2) is 15.5 Å². The monoisotopic (exact) mass is 291 g/mol. The predicted octanol–water partition coefficient (Wildman–Crippen LogP) is 3.33. The molecule has 2 aromatic heterocycles. The fourth-order valence-electron chi connectivity index (χ4n) is 2.01. The number of nitrogens with zero attached hydrogens (tertiary/aromatic N) is 2. The SMILES string of the molecule is Cc1nc2ccc(N)cc2n1C(=O)c1ccc(Cl)s1. The average molecular weight is 292 g/mol. The van der Waals surface area contributed by atoms with Crippen molar-refractivity contribution in [2.45, 2.75) is 6.92 Å². The van der Waals surface area contributed by atoms with Gasteiger partial charge in [-0.05, 0) is 37.3 Å². The van der Waals surface area contributed by atoms with Gasteiger partial charge in [-0.1, -0.05) is 11.6 Å². The zero-order valence-electron chi connectivity index (χ0n) is 10.1. The molecule has 0 fully saturated rings. The van der Waals surface area contributed by atoms with Crippen molar-refractivity contribution >= 4 is 45.6 Å². The fourth-order valence-corrected chi connectivity index (χ4v) is 2.98. The number of hydrogen-bond acceptors (Lipinski definition) is 4. The van der Waals surface area contributed by atoms with E-state index in [4.69, 9.17) is 17.3 Å². The first-order valence-electron chi connectivity index (χ1n) is 5.61. The number of benzene rings is 1. The Labute approximate surface area is 118 Å². The molecule has 0 aliphatic rings. The molecule has 19 heavy (non-hydrogen) atoms. The van der Waals surface area contributed by atoms with Crippen LogP contribution < -0.4 is 5.73 Å². The summed E-state index contributed by atoms with van der Waals surface area (Å²) >= 11 is 7.12. The number of rotatable bonds is 1. The fraction of sp³-hybridized carbons (Fsp3) is 0.0769. The van der Waals surface area contributed by atoms with Crippen molar-refractivity contribution in [3.8, 4) is 0 Å². The zero-order chi connectivity index (χ0) is 13.6. The van der Waals surface area contributed by atoms with E-state index in [-0.39, 0.29) is 5.91 Å². The Bertz CT molecular complexity index is 790. The summed E-state index contributed by atoms with van der Waals surface area (Å²) in [6.45, 7) is 1.79. The molecule has 0 bridgehead atoms. The highest BCUT2D eigenvalue weighted by Crippen LogP contribution is 2.25. The van der Waals surface area contributed by atoms with Gasteiger partial charge in [0.15, 0.2) is 0 Å². The van der Waals surface area contributed by atoms with Crippen molar-refractivity contribution < 1.29 is 4.79 Å². The number of hydrogen-bond donors (Lipinski definition) is 1. The zero-order valence-corrected chi connectivity index (χ0v) is 11.6. The van der Waals surface area contributed by atoms with Crippen molar-refractivity contribution in [1.82, 2.24) is 9.55 Å². The molecule has 4 nitrogen and oxygen atoms in total. The van der Waals surface area contributed by atoms with Crippen LogP contribution in [0.15, 0.2) is 30.3 Å². The number of aromatic nitrogens is 2. The van der Waals surface area contributed by atoms with Crippen LogP contribution in [0.3, 0.4) is 0 Å². The number of anilines is 1. The van der Waals surface area contributed by atoms with Gasteiger partial charge in [0.2, 0.25) is 0 Å². The average Bonchev–Trinajstić information content (AvgIpc) is 2.91. The lowest BCUT2D eigenvalue weighted by molar-refractivity contribution is 0.0966. The van der Waals surface area contributed by atoms with Gasteiger partial charge in [0, 0.05) is 5.69 Å². The molecule has 1 aromatic carbocycles. The number of nitrogen functional groups attached to an aromatic ring is 1. The lowest BCUT2D eigenvalue weighted by atomic mass is 10.3. The van der Waals surface area contributed by atoms with Gasteiger partial charge >= 0.3 is 0 Å². The Balaban J connectivity index is 2.21. The minimum absolute atomic E-state index is 0.137. The highest BCUT2D eigenvalue weighted by molar-refractivity contribution is 7.18. The van der Waals surface area contributed by atoms with Crippen LogP contribution in [-0.2, 0) is 0 Å². The third-order valence-corrected chi connectivity index (χ3v) is 4.05. The summed E-state index contributed by atoms with van der Waals surface area (Å²) in [6, 6.07) is 8.76. The third-order valence-electron chi connectivity index (χ3n) is 2.83. The number of aryl methyl sites for hydroxylation is 1. The summed E-state index contributed by atoms with van der Waals surface area (Å²) < 4.78 is 2.15. The second kappa shape index (κ2) is 4.36. The second-order valence-corrected chi connectivity index (χ2v) is 5.87. The highest BCUT2D eigenvalue weighted by atomic mass is 35.5. The highest BCUT2D eigenvalue weighted by Gasteiger charge is 2.17. The van der Waals surface area contributed by atoms with Crippen molar-refractivity contribution in [2.24, 2.45) is 0 Å². The van der Waals surface area contributed by atoms with Crippen molar-refractivity contribution in [3.63, 3.8) is 0 Å². The molecule has 0 atom stereocenters. The normalized spacial score (nSPS) is 11.1. The van der Waals surface area contributed by atoms with Gasteiger partial charge < -0.3 is 5.73 Å². The minimum Gasteiger partial charge on any atom is -0.399 e. The topological polar surface area (TPSA) is 60.9 Å². The van der Waals surface area contributed by atoms with E-state index in [1.807, 2.05) is 6.07 Å². The van der Waals surface area contributed by atoms with Crippen LogP contribution in [0.4, 0.5) is 5.69 Å². The molecular formula is C13H10ClN3OS. The second-order valence-electron chi connectivity index (χ2n) is 4.15. The maximum absolute atomic E-state index is 12.5. The van der Waals surface area contributed by atoms with Gasteiger partial charge in [-0.2, -0.15) is 0 Å². The molecule has 0 aliphatic heterocycles. The molecule has 2 N–H and O–H groups in total. The van der Waals surface area contributed by atoms with E-state index >= 15 is 0 Å².